The molecule has 1 saturated carbocycles. The Balaban J connectivity index is 1.51. The number of hydrogen-bond acceptors (Lipinski definition) is 7. The largest absolute Gasteiger partial charge is 0.508 e. The summed E-state index contributed by atoms with van der Waals surface area (Å²) in [6.07, 6.45) is 8.38. The lowest BCUT2D eigenvalue weighted by molar-refractivity contribution is 0.308. The molecule has 0 unspecified atom stereocenters. The summed E-state index contributed by atoms with van der Waals surface area (Å²) in [6.45, 7) is 4.17. The molecule has 2 heterocycles. The Bertz CT molecular complexity index is 1210. The van der Waals surface area contributed by atoms with Crippen molar-refractivity contribution in [3.63, 3.8) is 0 Å². The zero-order valence-corrected chi connectivity index (χ0v) is 21.3. The molecule has 186 valence electrons. The van der Waals surface area contributed by atoms with Crippen LogP contribution in [0, 0.1) is 0 Å². The third-order valence-electron chi connectivity index (χ3n) is 7.70. The van der Waals surface area contributed by atoms with Gasteiger partial charge in [-0.05, 0) is 66.5 Å². The Morgan fingerprint density at radius 3 is 2.43 bits per heavy atom. The minimum absolute atomic E-state index is 0.0258. The molecule has 0 spiro atoms. The fourth-order valence-corrected chi connectivity index (χ4v) is 6.62. The van der Waals surface area contributed by atoms with Crippen LogP contribution in [0.5, 0.6) is 23.1 Å². The third kappa shape index (κ3) is 4.66. The number of phenolic OH excluding ortho intramolecular Hbond substituents is 2. The lowest BCUT2D eigenvalue weighted by Crippen LogP contribution is -2.25. The van der Waals surface area contributed by atoms with Crippen molar-refractivity contribution >= 4 is 16.5 Å². The Hall–Kier alpha value is -2.93. The molecule has 1 aliphatic heterocycles. The molecule has 2 aliphatic rings. The number of aromatic nitrogens is 1. The van der Waals surface area contributed by atoms with E-state index in [0.717, 1.165) is 65.5 Å². The molecule has 2 aromatic carbocycles. The maximum absolute atomic E-state index is 10.9. The molecule has 7 heteroatoms. The molecule has 0 bridgehead atoms. The molecule has 6 nitrogen and oxygen atoms in total. The Morgan fingerprint density at radius 2 is 1.71 bits per heavy atom. The van der Waals surface area contributed by atoms with Gasteiger partial charge in [0.1, 0.15) is 5.75 Å². The summed E-state index contributed by atoms with van der Waals surface area (Å²) in [7, 11) is 1.55. The smallest absolute Gasteiger partial charge is 0.227 e. The summed E-state index contributed by atoms with van der Waals surface area (Å²) in [5.41, 5.74) is 3.49. The number of nitrogens with zero attached hydrogens (tertiary/aromatic N) is 2. The predicted octanol–water partition coefficient (Wildman–Crippen LogP) is 6.35. The number of methoxy groups -OCH3 is 1. The second-order valence-corrected chi connectivity index (χ2v) is 11.2. The van der Waals surface area contributed by atoms with Crippen LogP contribution in [0.2, 0.25) is 0 Å². The van der Waals surface area contributed by atoms with Gasteiger partial charge < -0.3 is 25.0 Å². The molecular formula is C28H34N2O4S. The van der Waals surface area contributed by atoms with Crippen molar-refractivity contribution in [2.75, 3.05) is 25.1 Å². The zero-order chi connectivity index (χ0) is 24.6. The lowest BCUT2D eigenvalue weighted by Gasteiger charge is -2.35. The van der Waals surface area contributed by atoms with Crippen LogP contribution < -0.4 is 9.64 Å². The van der Waals surface area contributed by atoms with E-state index in [1.165, 1.54) is 30.6 Å². The van der Waals surface area contributed by atoms with Crippen LogP contribution in [0.25, 0.3) is 11.1 Å². The van der Waals surface area contributed by atoms with Crippen molar-refractivity contribution < 1.29 is 20.1 Å². The van der Waals surface area contributed by atoms with Crippen molar-refractivity contribution in [2.45, 2.75) is 63.7 Å². The van der Waals surface area contributed by atoms with Crippen LogP contribution in [-0.4, -0.2) is 40.5 Å². The van der Waals surface area contributed by atoms with Crippen molar-refractivity contribution in [3.05, 3.63) is 46.3 Å². The standard InChI is InChI=1S/C28H34N2O4S/c1-28(10-4-3-5-11-28)21-15-18(8-9-22(21)31)19-14-20(25(32)23(16-19)34-2)17-24-26(33)29-27(35-24)30-12-6-7-13-30/h8-9,14-16,31-33H,3-7,10-13,17H2,1-2H3. The van der Waals surface area contributed by atoms with Crippen LogP contribution in [0.3, 0.4) is 0 Å². The second kappa shape index (κ2) is 9.61. The molecule has 1 aromatic heterocycles. The van der Waals surface area contributed by atoms with E-state index in [2.05, 4.69) is 22.9 Å². The summed E-state index contributed by atoms with van der Waals surface area (Å²) in [5, 5.41) is 33.0. The number of ether oxygens (including phenoxy) is 1. The molecule has 2 fully saturated rings. The van der Waals surface area contributed by atoms with Gasteiger partial charge in [-0.1, -0.05) is 43.6 Å². The Morgan fingerprint density at radius 1 is 0.971 bits per heavy atom. The number of phenols is 2. The number of rotatable bonds is 6. The van der Waals surface area contributed by atoms with E-state index >= 15 is 0 Å². The van der Waals surface area contributed by atoms with E-state index in [0.29, 0.717) is 23.5 Å². The minimum atomic E-state index is -0.0391. The lowest BCUT2D eigenvalue weighted by atomic mass is 9.70. The molecule has 1 aliphatic carbocycles. The number of aromatic hydroxyl groups is 3. The molecule has 0 amide bonds. The van der Waals surface area contributed by atoms with Gasteiger partial charge in [-0.3, -0.25) is 0 Å². The summed E-state index contributed by atoms with van der Waals surface area (Å²) in [5.74, 6) is 0.829. The Kier molecular flexibility index (Phi) is 6.53. The average molecular weight is 495 g/mol. The topological polar surface area (TPSA) is 86.1 Å². The van der Waals surface area contributed by atoms with Gasteiger partial charge in [0.15, 0.2) is 16.6 Å². The van der Waals surface area contributed by atoms with Gasteiger partial charge in [0.05, 0.1) is 12.0 Å². The number of hydrogen-bond donors (Lipinski definition) is 3. The summed E-state index contributed by atoms with van der Waals surface area (Å²) in [4.78, 5) is 7.31. The van der Waals surface area contributed by atoms with Crippen LogP contribution in [0.1, 0.15) is 67.9 Å². The first-order valence-corrected chi connectivity index (χ1v) is 13.4. The summed E-state index contributed by atoms with van der Waals surface area (Å²) < 4.78 is 5.51. The van der Waals surface area contributed by atoms with Gasteiger partial charge in [0.2, 0.25) is 5.88 Å². The highest BCUT2D eigenvalue weighted by Crippen LogP contribution is 2.45. The average Bonchev–Trinajstić information content (AvgIpc) is 3.51. The quantitative estimate of drug-likeness (QED) is 0.370. The zero-order valence-electron chi connectivity index (χ0n) is 20.5. The highest BCUT2D eigenvalue weighted by Gasteiger charge is 2.31. The van der Waals surface area contributed by atoms with E-state index in [9.17, 15) is 15.3 Å². The van der Waals surface area contributed by atoms with Gasteiger partial charge >= 0.3 is 0 Å². The number of thiazole rings is 1. The molecule has 5 rings (SSSR count). The van der Waals surface area contributed by atoms with E-state index in [4.69, 9.17) is 4.74 Å². The van der Waals surface area contributed by atoms with Gasteiger partial charge in [0, 0.05) is 30.6 Å². The third-order valence-corrected chi connectivity index (χ3v) is 8.81. The molecular weight excluding hydrogens is 460 g/mol. The van der Waals surface area contributed by atoms with Crippen molar-refractivity contribution in [3.8, 4) is 34.3 Å². The van der Waals surface area contributed by atoms with Crippen LogP contribution in [0.4, 0.5) is 5.13 Å². The van der Waals surface area contributed by atoms with Gasteiger partial charge in [-0.15, -0.1) is 0 Å². The predicted molar refractivity (Wildman–Crippen MR) is 140 cm³/mol. The van der Waals surface area contributed by atoms with Crippen molar-refractivity contribution in [1.29, 1.82) is 0 Å². The normalized spacial score (nSPS) is 17.6. The van der Waals surface area contributed by atoms with Crippen molar-refractivity contribution in [2.24, 2.45) is 0 Å². The first-order valence-electron chi connectivity index (χ1n) is 12.6. The molecule has 3 aromatic rings. The SMILES string of the molecule is COc1cc(-c2ccc(O)c(C3(C)CCCCC3)c2)cc(Cc2sc(N3CCCC3)nc2O)c1O. The highest BCUT2D eigenvalue weighted by atomic mass is 32.1. The number of benzene rings is 2. The highest BCUT2D eigenvalue weighted by molar-refractivity contribution is 7.15. The van der Waals surface area contributed by atoms with E-state index in [1.807, 2.05) is 18.2 Å². The second-order valence-electron chi connectivity index (χ2n) is 10.2. The van der Waals surface area contributed by atoms with Crippen molar-refractivity contribution in [1.82, 2.24) is 4.98 Å². The van der Waals surface area contributed by atoms with Crippen LogP contribution in [0.15, 0.2) is 30.3 Å². The fraction of sp³-hybridized carbons (Fsp3) is 0.464. The summed E-state index contributed by atoms with van der Waals surface area (Å²) in [6, 6.07) is 9.56. The first-order chi connectivity index (χ1) is 16.9. The van der Waals surface area contributed by atoms with E-state index in [1.54, 1.807) is 13.2 Å². The van der Waals surface area contributed by atoms with E-state index < -0.39 is 0 Å². The molecule has 35 heavy (non-hydrogen) atoms. The molecule has 0 atom stereocenters. The number of anilines is 1. The van der Waals surface area contributed by atoms with Gasteiger partial charge in [0.25, 0.3) is 0 Å². The maximum atomic E-state index is 10.9. The van der Waals surface area contributed by atoms with Gasteiger partial charge in [-0.25, -0.2) is 0 Å². The molecule has 0 radical (unpaired) electrons. The monoisotopic (exact) mass is 494 g/mol. The van der Waals surface area contributed by atoms with Crippen LogP contribution in [-0.2, 0) is 11.8 Å². The fourth-order valence-electron chi connectivity index (χ4n) is 5.59. The minimum Gasteiger partial charge on any atom is -0.508 e. The summed E-state index contributed by atoms with van der Waals surface area (Å²) >= 11 is 1.48. The van der Waals surface area contributed by atoms with Gasteiger partial charge in [-0.2, -0.15) is 4.98 Å². The first kappa shape index (κ1) is 23.8. The van der Waals surface area contributed by atoms with E-state index in [-0.39, 0.29) is 17.0 Å². The Labute approximate surface area is 210 Å². The molecule has 1 saturated heterocycles. The maximum Gasteiger partial charge on any atom is 0.227 e. The van der Waals surface area contributed by atoms with Crippen LogP contribution >= 0.6 is 11.3 Å². The molecule has 3 N–H and O–H groups in total.